The van der Waals surface area contributed by atoms with Gasteiger partial charge in [-0.2, -0.15) is 0 Å². The molecule has 0 radical (unpaired) electrons. The van der Waals surface area contributed by atoms with Crippen molar-refractivity contribution < 1.29 is 9.50 Å². The first kappa shape index (κ1) is 15.4. The summed E-state index contributed by atoms with van der Waals surface area (Å²) in [5, 5.41) is 10.7. The van der Waals surface area contributed by atoms with Gasteiger partial charge in [-0.1, -0.05) is 24.6 Å². The Labute approximate surface area is 113 Å². The fourth-order valence-corrected chi connectivity index (χ4v) is 2.12. The smallest absolute Gasteiger partial charge is 0.127 e. The van der Waals surface area contributed by atoms with Gasteiger partial charge in [0.1, 0.15) is 5.82 Å². The van der Waals surface area contributed by atoms with E-state index in [-0.39, 0.29) is 17.8 Å². The van der Waals surface area contributed by atoms with Gasteiger partial charge in [-0.05, 0) is 45.1 Å². The van der Waals surface area contributed by atoms with E-state index >= 15 is 0 Å². The van der Waals surface area contributed by atoms with Gasteiger partial charge in [0.2, 0.25) is 0 Å². The Morgan fingerprint density at radius 2 is 2.06 bits per heavy atom. The maximum atomic E-state index is 13.7. The van der Waals surface area contributed by atoms with Crippen LogP contribution in [0.25, 0.3) is 0 Å². The van der Waals surface area contributed by atoms with E-state index in [2.05, 4.69) is 0 Å². The van der Waals surface area contributed by atoms with Gasteiger partial charge < -0.3 is 10.0 Å². The minimum Gasteiger partial charge on any atom is -0.391 e. The van der Waals surface area contributed by atoms with E-state index in [1.165, 1.54) is 6.07 Å². The third-order valence-electron chi connectivity index (χ3n) is 3.88. The number of rotatable bonds is 5. The normalized spacial score (nSPS) is 16.7. The van der Waals surface area contributed by atoms with E-state index in [1.807, 2.05) is 32.8 Å². The third kappa shape index (κ3) is 3.22. The van der Waals surface area contributed by atoms with Crippen molar-refractivity contribution >= 4 is 11.6 Å². The summed E-state index contributed by atoms with van der Waals surface area (Å²) in [5.74, 6) is -0.362. The second-order valence-corrected chi connectivity index (χ2v) is 5.50. The average Bonchev–Trinajstić information content (AvgIpc) is 2.31. The van der Waals surface area contributed by atoms with Crippen molar-refractivity contribution in [3.63, 3.8) is 0 Å². The van der Waals surface area contributed by atoms with E-state index in [1.54, 1.807) is 12.1 Å². The molecule has 0 aliphatic rings. The van der Waals surface area contributed by atoms with Crippen LogP contribution >= 0.6 is 11.6 Å². The standard InChI is InChI=1S/C14H21ClFNO/c1-5-14(2,17(3)4)13(18)8-10-6-7-11(15)9-12(10)16/h6-7,9,13,18H,5,8H2,1-4H3. The molecule has 1 aromatic carbocycles. The highest BCUT2D eigenvalue weighted by Gasteiger charge is 2.33. The molecule has 0 aliphatic heterocycles. The van der Waals surface area contributed by atoms with Crippen LogP contribution in [0.4, 0.5) is 4.39 Å². The summed E-state index contributed by atoms with van der Waals surface area (Å²) in [6.45, 7) is 3.99. The zero-order valence-electron chi connectivity index (χ0n) is 11.4. The Kier molecular flexibility index (Phi) is 5.14. The van der Waals surface area contributed by atoms with Gasteiger partial charge in [0.15, 0.2) is 0 Å². The van der Waals surface area contributed by atoms with Crippen LogP contribution in [-0.4, -0.2) is 35.7 Å². The zero-order valence-corrected chi connectivity index (χ0v) is 12.1. The number of halogens is 2. The Hall–Kier alpha value is -0.640. The minimum absolute atomic E-state index is 0.283. The van der Waals surface area contributed by atoms with Crippen molar-refractivity contribution in [1.29, 1.82) is 0 Å². The highest BCUT2D eigenvalue weighted by molar-refractivity contribution is 6.30. The second-order valence-electron chi connectivity index (χ2n) is 5.06. The molecule has 2 atom stereocenters. The van der Waals surface area contributed by atoms with Gasteiger partial charge in [-0.25, -0.2) is 4.39 Å². The lowest BCUT2D eigenvalue weighted by molar-refractivity contribution is 0.00257. The Morgan fingerprint density at radius 3 is 2.50 bits per heavy atom. The van der Waals surface area contributed by atoms with Crippen LogP contribution in [0.2, 0.25) is 5.02 Å². The van der Waals surface area contributed by atoms with Crippen molar-refractivity contribution in [3.05, 3.63) is 34.6 Å². The van der Waals surface area contributed by atoms with E-state index in [9.17, 15) is 9.50 Å². The molecule has 1 aromatic rings. The molecule has 0 amide bonds. The lowest BCUT2D eigenvalue weighted by Gasteiger charge is -2.40. The molecule has 0 fully saturated rings. The predicted octanol–water partition coefficient (Wildman–Crippen LogP) is 3.11. The van der Waals surface area contributed by atoms with Crippen molar-refractivity contribution in [3.8, 4) is 0 Å². The largest absolute Gasteiger partial charge is 0.391 e. The van der Waals surface area contributed by atoms with Gasteiger partial charge in [0.25, 0.3) is 0 Å². The number of aliphatic hydroxyl groups excluding tert-OH is 1. The first-order valence-electron chi connectivity index (χ1n) is 6.10. The van der Waals surface area contributed by atoms with Gasteiger partial charge >= 0.3 is 0 Å². The summed E-state index contributed by atoms with van der Waals surface area (Å²) in [6.07, 6.45) is 0.440. The first-order chi connectivity index (χ1) is 8.31. The van der Waals surface area contributed by atoms with Crippen LogP contribution in [0.15, 0.2) is 18.2 Å². The lowest BCUT2D eigenvalue weighted by atomic mass is 9.86. The van der Waals surface area contributed by atoms with Crippen LogP contribution in [0.5, 0.6) is 0 Å². The topological polar surface area (TPSA) is 23.5 Å². The van der Waals surface area contributed by atoms with Gasteiger partial charge in [0.05, 0.1) is 6.10 Å². The first-order valence-corrected chi connectivity index (χ1v) is 6.48. The van der Waals surface area contributed by atoms with Gasteiger partial charge in [0, 0.05) is 17.0 Å². The third-order valence-corrected chi connectivity index (χ3v) is 4.12. The quantitative estimate of drug-likeness (QED) is 0.891. The number of aliphatic hydroxyl groups is 1. The Morgan fingerprint density at radius 1 is 1.44 bits per heavy atom. The molecule has 0 spiro atoms. The van der Waals surface area contributed by atoms with Gasteiger partial charge in [-0.15, -0.1) is 0 Å². The van der Waals surface area contributed by atoms with E-state index < -0.39 is 6.10 Å². The summed E-state index contributed by atoms with van der Waals surface area (Å²) in [5.41, 5.74) is 0.125. The molecule has 0 aromatic heterocycles. The number of benzene rings is 1. The van der Waals surface area contributed by atoms with Crippen molar-refractivity contribution in [2.75, 3.05) is 14.1 Å². The van der Waals surface area contributed by atoms with E-state index in [4.69, 9.17) is 11.6 Å². The highest BCUT2D eigenvalue weighted by atomic mass is 35.5. The summed E-state index contributed by atoms with van der Waals surface area (Å²) < 4.78 is 13.7. The Bertz CT molecular complexity index is 411. The van der Waals surface area contributed by atoms with Crippen LogP contribution in [0.1, 0.15) is 25.8 Å². The lowest BCUT2D eigenvalue weighted by Crippen LogP contribution is -2.51. The molecule has 0 saturated heterocycles. The van der Waals surface area contributed by atoms with Crippen molar-refractivity contribution in [2.24, 2.45) is 0 Å². The number of hydrogen-bond donors (Lipinski definition) is 1. The molecule has 102 valence electrons. The fraction of sp³-hybridized carbons (Fsp3) is 0.571. The summed E-state index contributed by atoms with van der Waals surface area (Å²) in [6, 6.07) is 4.56. The molecule has 0 saturated carbocycles. The van der Waals surface area contributed by atoms with Crippen molar-refractivity contribution in [2.45, 2.75) is 38.3 Å². The molecule has 1 N–H and O–H groups in total. The van der Waals surface area contributed by atoms with E-state index in [0.29, 0.717) is 10.6 Å². The highest BCUT2D eigenvalue weighted by Crippen LogP contribution is 2.25. The van der Waals surface area contributed by atoms with Crippen LogP contribution in [0, 0.1) is 5.82 Å². The molecule has 2 unspecified atom stereocenters. The zero-order chi connectivity index (χ0) is 13.9. The SMILES string of the molecule is CCC(C)(C(O)Cc1ccc(Cl)cc1F)N(C)C. The molecular weight excluding hydrogens is 253 g/mol. The maximum Gasteiger partial charge on any atom is 0.127 e. The maximum absolute atomic E-state index is 13.7. The molecular formula is C14H21ClFNO. The summed E-state index contributed by atoms with van der Waals surface area (Å²) >= 11 is 5.71. The van der Waals surface area contributed by atoms with Crippen molar-refractivity contribution in [1.82, 2.24) is 4.90 Å². The number of hydrogen-bond acceptors (Lipinski definition) is 2. The molecule has 4 heteroatoms. The summed E-state index contributed by atoms with van der Waals surface area (Å²) in [4.78, 5) is 1.98. The molecule has 18 heavy (non-hydrogen) atoms. The molecule has 0 heterocycles. The second kappa shape index (κ2) is 6.00. The molecule has 0 aliphatic carbocycles. The number of nitrogens with zero attached hydrogens (tertiary/aromatic N) is 1. The predicted molar refractivity (Wildman–Crippen MR) is 73.5 cm³/mol. The van der Waals surface area contributed by atoms with E-state index in [0.717, 1.165) is 6.42 Å². The average molecular weight is 274 g/mol. The minimum atomic E-state index is -0.631. The molecule has 0 bridgehead atoms. The number of likely N-dealkylation sites (N-methyl/N-ethyl adjacent to an activating group) is 1. The summed E-state index contributed by atoms with van der Waals surface area (Å²) in [7, 11) is 3.84. The monoisotopic (exact) mass is 273 g/mol. The Balaban J connectivity index is 2.89. The van der Waals surface area contributed by atoms with Crippen LogP contribution < -0.4 is 0 Å². The fourth-order valence-electron chi connectivity index (χ4n) is 1.97. The molecule has 1 rings (SSSR count). The van der Waals surface area contributed by atoms with Crippen LogP contribution in [-0.2, 0) is 6.42 Å². The van der Waals surface area contributed by atoms with Crippen LogP contribution in [0.3, 0.4) is 0 Å². The molecule has 2 nitrogen and oxygen atoms in total. The van der Waals surface area contributed by atoms with Gasteiger partial charge in [-0.3, -0.25) is 0 Å².